The van der Waals surface area contributed by atoms with Gasteiger partial charge in [-0.05, 0) is 37.8 Å². The Morgan fingerprint density at radius 3 is 2.59 bits per heavy atom. The first-order chi connectivity index (χ1) is 10.3. The van der Waals surface area contributed by atoms with E-state index in [1.54, 1.807) is 6.07 Å². The first-order valence-corrected chi connectivity index (χ1v) is 8.96. The fourth-order valence-electron chi connectivity index (χ4n) is 2.52. The third-order valence-electron chi connectivity index (χ3n) is 3.75. The zero-order valence-electron chi connectivity index (χ0n) is 12.7. The fourth-order valence-corrected chi connectivity index (χ4v) is 4.38. The Morgan fingerprint density at radius 1 is 1.23 bits per heavy atom. The number of aryl methyl sites for hydroxylation is 2. The second-order valence-electron chi connectivity index (χ2n) is 5.79. The van der Waals surface area contributed by atoms with Crippen LogP contribution >= 0.6 is 0 Å². The van der Waals surface area contributed by atoms with E-state index in [2.05, 4.69) is 10.9 Å². The van der Waals surface area contributed by atoms with Crippen LogP contribution in [0.5, 0.6) is 0 Å². The molecule has 1 aromatic rings. The van der Waals surface area contributed by atoms with Crippen molar-refractivity contribution in [1.29, 1.82) is 0 Å². The van der Waals surface area contributed by atoms with Crippen LogP contribution in [0.15, 0.2) is 18.2 Å². The van der Waals surface area contributed by atoms with Crippen LogP contribution in [-0.4, -0.2) is 31.7 Å². The first kappa shape index (κ1) is 16.5. The monoisotopic (exact) mass is 324 g/mol. The molecule has 0 unspecified atom stereocenters. The SMILES string of the molecule is Cc1ccc(C)c(C(=O)NNC(=O)C[C@H]2CCS(=O)(=O)C2)c1. The third kappa shape index (κ3) is 4.30. The van der Waals surface area contributed by atoms with E-state index in [4.69, 9.17) is 0 Å². The molecule has 0 spiro atoms. The van der Waals surface area contributed by atoms with Gasteiger partial charge in [0.2, 0.25) is 5.91 Å². The van der Waals surface area contributed by atoms with E-state index in [-0.39, 0.29) is 35.7 Å². The lowest BCUT2D eigenvalue weighted by atomic mass is 10.1. The minimum absolute atomic E-state index is 0.0470. The van der Waals surface area contributed by atoms with Crippen molar-refractivity contribution in [3.05, 3.63) is 34.9 Å². The van der Waals surface area contributed by atoms with Gasteiger partial charge >= 0.3 is 0 Å². The number of benzene rings is 1. The summed E-state index contributed by atoms with van der Waals surface area (Å²) in [6.07, 6.45) is 0.604. The predicted octanol–water partition coefficient (Wildman–Crippen LogP) is 0.889. The Morgan fingerprint density at radius 2 is 1.95 bits per heavy atom. The van der Waals surface area contributed by atoms with Gasteiger partial charge in [-0.2, -0.15) is 0 Å². The highest BCUT2D eigenvalue weighted by molar-refractivity contribution is 7.91. The number of nitrogens with one attached hydrogen (secondary N) is 2. The molecule has 0 bridgehead atoms. The fraction of sp³-hybridized carbons (Fsp3) is 0.467. The number of hydrogen-bond acceptors (Lipinski definition) is 4. The molecular formula is C15H20N2O4S. The Bertz CT molecular complexity index is 697. The molecule has 1 aromatic carbocycles. The van der Waals surface area contributed by atoms with Crippen LogP contribution in [-0.2, 0) is 14.6 Å². The molecule has 0 saturated carbocycles. The quantitative estimate of drug-likeness (QED) is 0.808. The number of carbonyl (C=O) groups excluding carboxylic acids is 2. The summed E-state index contributed by atoms with van der Waals surface area (Å²) in [6.45, 7) is 3.70. The molecule has 0 aliphatic carbocycles. The maximum Gasteiger partial charge on any atom is 0.269 e. The van der Waals surface area contributed by atoms with Crippen LogP contribution in [0.4, 0.5) is 0 Å². The molecule has 6 nitrogen and oxygen atoms in total. The molecule has 7 heteroatoms. The zero-order valence-corrected chi connectivity index (χ0v) is 13.5. The summed E-state index contributed by atoms with van der Waals surface area (Å²) in [5, 5.41) is 0. The Hall–Kier alpha value is -1.89. The number of hydrazine groups is 1. The summed E-state index contributed by atoms with van der Waals surface area (Å²) in [5.41, 5.74) is 7.00. The molecule has 0 aromatic heterocycles. The van der Waals surface area contributed by atoms with Gasteiger partial charge < -0.3 is 0 Å². The Balaban J connectivity index is 1.86. The Kier molecular flexibility index (Phi) is 4.85. The van der Waals surface area contributed by atoms with Gasteiger partial charge in [0.15, 0.2) is 9.84 Å². The molecule has 1 aliphatic heterocycles. The number of sulfone groups is 1. The van der Waals surface area contributed by atoms with E-state index < -0.39 is 9.84 Å². The molecule has 22 heavy (non-hydrogen) atoms. The minimum atomic E-state index is -2.99. The van der Waals surface area contributed by atoms with Crippen LogP contribution < -0.4 is 10.9 Å². The normalized spacial score (nSPS) is 19.6. The number of rotatable bonds is 3. The van der Waals surface area contributed by atoms with Crippen LogP contribution in [0, 0.1) is 19.8 Å². The molecular weight excluding hydrogens is 304 g/mol. The van der Waals surface area contributed by atoms with Crippen LogP contribution in [0.25, 0.3) is 0 Å². The van der Waals surface area contributed by atoms with E-state index in [9.17, 15) is 18.0 Å². The van der Waals surface area contributed by atoms with Crippen molar-refractivity contribution in [3.8, 4) is 0 Å². The summed E-state index contributed by atoms with van der Waals surface area (Å²) in [6, 6.07) is 5.50. The van der Waals surface area contributed by atoms with Crippen molar-refractivity contribution in [2.24, 2.45) is 5.92 Å². The zero-order chi connectivity index (χ0) is 16.3. The van der Waals surface area contributed by atoms with Crippen molar-refractivity contribution in [2.75, 3.05) is 11.5 Å². The van der Waals surface area contributed by atoms with E-state index >= 15 is 0 Å². The molecule has 1 heterocycles. The topological polar surface area (TPSA) is 92.3 Å². The molecule has 2 N–H and O–H groups in total. The summed E-state index contributed by atoms with van der Waals surface area (Å²) < 4.78 is 22.7. The molecule has 2 amide bonds. The van der Waals surface area contributed by atoms with Crippen molar-refractivity contribution in [2.45, 2.75) is 26.7 Å². The van der Waals surface area contributed by atoms with E-state index in [1.807, 2.05) is 26.0 Å². The maximum atomic E-state index is 12.0. The molecule has 1 atom stereocenters. The summed E-state index contributed by atoms with van der Waals surface area (Å²) in [4.78, 5) is 23.8. The number of hydrogen-bond donors (Lipinski definition) is 2. The summed E-state index contributed by atoms with van der Waals surface area (Å²) in [7, 11) is -2.99. The van der Waals surface area contributed by atoms with Crippen LogP contribution in [0.3, 0.4) is 0 Å². The van der Waals surface area contributed by atoms with Gasteiger partial charge in [0, 0.05) is 12.0 Å². The third-order valence-corrected chi connectivity index (χ3v) is 5.59. The van der Waals surface area contributed by atoms with Gasteiger partial charge in [-0.1, -0.05) is 17.7 Å². The van der Waals surface area contributed by atoms with Crippen molar-refractivity contribution >= 4 is 21.7 Å². The first-order valence-electron chi connectivity index (χ1n) is 7.14. The standard InChI is InChI=1S/C15H20N2O4S/c1-10-3-4-11(2)13(7-10)15(19)17-16-14(18)8-12-5-6-22(20,21)9-12/h3-4,7,12H,5-6,8-9H2,1-2H3,(H,16,18)(H,17,19)/t12-/m1/s1. The van der Waals surface area contributed by atoms with Gasteiger partial charge in [0.25, 0.3) is 5.91 Å². The lowest BCUT2D eigenvalue weighted by Crippen LogP contribution is -2.42. The second-order valence-corrected chi connectivity index (χ2v) is 8.02. The average molecular weight is 324 g/mol. The minimum Gasteiger partial charge on any atom is -0.273 e. The van der Waals surface area contributed by atoms with Gasteiger partial charge in [-0.25, -0.2) is 8.42 Å². The highest BCUT2D eigenvalue weighted by Gasteiger charge is 2.29. The van der Waals surface area contributed by atoms with Crippen molar-refractivity contribution in [3.63, 3.8) is 0 Å². The predicted molar refractivity (Wildman–Crippen MR) is 82.9 cm³/mol. The largest absolute Gasteiger partial charge is 0.273 e. The number of carbonyl (C=O) groups is 2. The summed E-state index contributed by atoms with van der Waals surface area (Å²) in [5.74, 6) is -0.734. The number of amides is 2. The van der Waals surface area contributed by atoms with Gasteiger partial charge in [-0.15, -0.1) is 0 Å². The lowest BCUT2D eigenvalue weighted by Gasteiger charge is -2.11. The van der Waals surface area contributed by atoms with E-state index in [0.29, 0.717) is 12.0 Å². The maximum absolute atomic E-state index is 12.0. The summed E-state index contributed by atoms with van der Waals surface area (Å²) >= 11 is 0. The van der Waals surface area contributed by atoms with E-state index in [1.165, 1.54) is 0 Å². The van der Waals surface area contributed by atoms with E-state index in [0.717, 1.165) is 11.1 Å². The van der Waals surface area contributed by atoms with Crippen LogP contribution in [0.1, 0.15) is 34.3 Å². The highest BCUT2D eigenvalue weighted by Crippen LogP contribution is 2.21. The Labute approximate surface area is 130 Å². The average Bonchev–Trinajstić information content (AvgIpc) is 2.78. The van der Waals surface area contributed by atoms with Gasteiger partial charge in [-0.3, -0.25) is 20.4 Å². The lowest BCUT2D eigenvalue weighted by molar-refractivity contribution is -0.122. The van der Waals surface area contributed by atoms with Crippen molar-refractivity contribution < 1.29 is 18.0 Å². The van der Waals surface area contributed by atoms with Crippen molar-refractivity contribution in [1.82, 2.24) is 10.9 Å². The second kappa shape index (κ2) is 6.48. The molecule has 0 radical (unpaired) electrons. The molecule has 1 fully saturated rings. The molecule has 120 valence electrons. The highest BCUT2D eigenvalue weighted by atomic mass is 32.2. The molecule has 1 aliphatic rings. The smallest absolute Gasteiger partial charge is 0.269 e. The van der Waals surface area contributed by atoms with Gasteiger partial charge in [0.05, 0.1) is 11.5 Å². The molecule has 2 rings (SSSR count). The molecule has 1 saturated heterocycles. The van der Waals surface area contributed by atoms with Gasteiger partial charge in [0.1, 0.15) is 0 Å². The van der Waals surface area contributed by atoms with Crippen LogP contribution in [0.2, 0.25) is 0 Å².